The quantitative estimate of drug-likeness (QED) is 0.588. The minimum Gasteiger partial charge on any atom is -0.318 e. The van der Waals surface area contributed by atoms with Gasteiger partial charge in [0, 0.05) is 26.2 Å². The van der Waals surface area contributed by atoms with Gasteiger partial charge in [-0.05, 0) is 27.7 Å². The zero-order valence-electron chi connectivity index (χ0n) is 8.93. The van der Waals surface area contributed by atoms with E-state index in [4.69, 9.17) is 0 Å². The highest BCUT2D eigenvalue weighted by Gasteiger charge is 1.98. The van der Waals surface area contributed by atoms with Crippen LogP contribution >= 0.6 is 0 Å². The van der Waals surface area contributed by atoms with E-state index in [0.29, 0.717) is 0 Å². The SMILES string of the molecule is CCN(C)CCN(C)CCNC. The van der Waals surface area contributed by atoms with Gasteiger partial charge in [-0.15, -0.1) is 0 Å². The fraction of sp³-hybridized carbons (Fsp3) is 1.00. The summed E-state index contributed by atoms with van der Waals surface area (Å²) in [4.78, 5) is 4.68. The molecule has 0 aromatic rings. The van der Waals surface area contributed by atoms with E-state index in [9.17, 15) is 0 Å². The summed E-state index contributed by atoms with van der Waals surface area (Å²) >= 11 is 0. The third-order valence-electron chi connectivity index (χ3n) is 2.15. The molecular weight excluding hydrogens is 150 g/mol. The van der Waals surface area contributed by atoms with Crippen LogP contribution in [0.5, 0.6) is 0 Å². The van der Waals surface area contributed by atoms with E-state index in [1.165, 1.54) is 0 Å². The molecule has 0 rings (SSSR count). The first-order valence-corrected chi connectivity index (χ1v) is 4.72. The number of hydrogen-bond acceptors (Lipinski definition) is 3. The molecule has 0 saturated carbocycles. The third-order valence-corrected chi connectivity index (χ3v) is 2.15. The monoisotopic (exact) mass is 173 g/mol. The van der Waals surface area contributed by atoms with Crippen LogP contribution in [0.1, 0.15) is 6.92 Å². The van der Waals surface area contributed by atoms with Crippen molar-refractivity contribution in [2.75, 3.05) is 53.9 Å². The van der Waals surface area contributed by atoms with Crippen molar-refractivity contribution in [1.29, 1.82) is 0 Å². The van der Waals surface area contributed by atoms with E-state index in [1.807, 2.05) is 7.05 Å². The number of nitrogens with one attached hydrogen (secondary N) is 1. The van der Waals surface area contributed by atoms with Crippen molar-refractivity contribution < 1.29 is 0 Å². The van der Waals surface area contributed by atoms with Gasteiger partial charge < -0.3 is 15.1 Å². The molecule has 0 aliphatic heterocycles. The van der Waals surface area contributed by atoms with Gasteiger partial charge >= 0.3 is 0 Å². The van der Waals surface area contributed by atoms with Gasteiger partial charge in [-0.1, -0.05) is 6.92 Å². The van der Waals surface area contributed by atoms with Gasteiger partial charge in [0.05, 0.1) is 0 Å². The van der Waals surface area contributed by atoms with Gasteiger partial charge in [-0.25, -0.2) is 0 Å². The first-order chi connectivity index (χ1) is 5.70. The normalized spacial score (nSPS) is 11.5. The highest BCUT2D eigenvalue weighted by atomic mass is 15.2. The Hall–Kier alpha value is -0.120. The lowest BCUT2D eigenvalue weighted by Gasteiger charge is -2.20. The van der Waals surface area contributed by atoms with Crippen LogP contribution in [0.4, 0.5) is 0 Å². The summed E-state index contributed by atoms with van der Waals surface area (Å²) in [6.07, 6.45) is 0. The smallest absolute Gasteiger partial charge is 0.0107 e. The van der Waals surface area contributed by atoms with Crippen LogP contribution in [0, 0.1) is 0 Å². The Morgan fingerprint density at radius 1 is 1.00 bits per heavy atom. The second kappa shape index (κ2) is 7.53. The maximum Gasteiger partial charge on any atom is 0.0107 e. The zero-order chi connectivity index (χ0) is 9.40. The van der Waals surface area contributed by atoms with Crippen molar-refractivity contribution >= 4 is 0 Å². The van der Waals surface area contributed by atoms with E-state index < -0.39 is 0 Å². The molecule has 0 aromatic heterocycles. The summed E-state index contributed by atoms with van der Waals surface area (Å²) in [5.74, 6) is 0. The Kier molecular flexibility index (Phi) is 7.45. The Morgan fingerprint density at radius 3 is 2.08 bits per heavy atom. The predicted molar refractivity (Wildman–Crippen MR) is 54.6 cm³/mol. The lowest BCUT2D eigenvalue weighted by atomic mass is 10.4. The van der Waals surface area contributed by atoms with Crippen LogP contribution in [0.15, 0.2) is 0 Å². The van der Waals surface area contributed by atoms with Crippen molar-refractivity contribution in [2.45, 2.75) is 6.92 Å². The average molecular weight is 173 g/mol. The van der Waals surface area contributed by atoms with Gasteiger partial charge in [0.15, 0.2) is 0 Å². The molecule has 0 atom stereocenters. The summed E-state index contributed by atoms with van der Waals surface area (Å²) in [5.41, 5.74) is 0. The molecule has 0 bridgehead atoms. The van der Waals surface area contributed by atoms with Crippen LogP contribution in [0.2, 0.25) is 0 Å². The molecule has 0 unspecified atom stereocenters. The molecule has 74 valence electrons. The van der Waals surface area contributed by atoms with E-state index >= 15 is 0 Å². The maximum atomic E-state index is 3.14. The van der Waals surface area contributed by atoms with E-state index in [2.05, 4.69) is 36.1 Å². The van der Waals surface area contributed by atoms with Gasteiger partial charge in [0.2, 0.25) is 0 Å². The lowest BCUT2D eigenvalue weighted by Crippen LogP contribution is -2.34. The van der Waals surface area contributed by atoms with Crippen molar-refractivity contribution in [3.63, 3.8) is 0 Å². The van der Waals surface area contributed by atoms with Crippen molar-refractivity contribution in [3.8, 4) is 0 Å². The molecule has 0 amide bonds. The third kappa shape index (κ3) is 6.58. The summed E-state index contributed by atoms with van der Waals surface area (Å²) in [5, 5.41) is 3.14. The van der Waals surface area contributed by atoms with Gasteiger partial charge in [0.25, 0.3) is 0 Å². The van der Waals surface area contributed by atoms with Crippen molar-refractivity contribution in [1.82, 2.24) is 15.1 Å². The molecule has 12 heavy (non-hydrogen) atoms. The standard InChI is InChI=1S/C9H23N3/c1-5-11(3)8-9-12(4)7-6-10-2/h10H,5-9H2,1-4H3. The lowest BCUT2D eigenvalue weighted by molar-refractivity contribution is 0.264. The zero-order valence-corrected chi connectivity index (χ0v) is 8.93. The molecular formula is C9H23N3. The topological polar surface area (TPSA) is 18.5 Å². The van der Waals surface area contributed by atoms with Gasteiger partial charge in [-0.3, -0.25) is 0 Å². The fourth-order valence-corrected chi connectivity index (χ4v) is 0.914. The van der Waals surface area contributed by atoms with Crippen LogP contribution in [-0.4, -0.2) is 63.7 Å². The van der Waals surface area contributed by atoms with Crippen molar-refractivity contribution in [2.24, 2.45) is 0 Å². The summed E-state index contributed by atoms with van der Waals surface area (Å²) in [6, 6.07) is 0. The van der Waals surface area contributed by atoms with Crippen LogP contribution < -0.4 is 5.32 Å². The highest BCUT2D eigenvalue weighted by Crippen LogP contribution is 1.84. The van der Waals surface area contributed by atoms with Crippen LogP contribution in [-0.2, 0) is 0 Å². The Bertz CT molecular complexity index is 95.8. The first-order valence-electron chi connectivity index (χ1n) is 4.72. The molecule has 0 heterocycles. The Labute approximate surface area is 76.7 Å². The molecule has 0 aromatic carbocycles. The largest absolute Gasteiger partial charge is 0.318 e. The molecule has 0 aliphatic carbocycles. The molecule has 0 spiro atoms. The molecule has 3 nitrogen and oxygen atoms in total. The summed E-state index contributed by atoms with van der Waals surface area (Å²) < 4.78 is 0. The second-order valence-corrected chi connectivity index (χ2v) is 3.30. The van der Waals surface area contributed by atoms with Crippen LogP contribution in [0.25, 0.3) is 0 Å². The van der Waals surface area contributed by atoms with E-state index in [1.54, 1.807) is 0 Å². The molecule has 0 radical (unpaired) electrons. The minimum atomic E-state index is 1.08. The van der Waals surface area contributed by atoms with E-state index in [-0.39, 0.29) is 0 Å². The van der Waals surface area contributed by atoms with E-state index in [0.717, 1.165) is 32.7 Å². The highest BCUT2D eigenvalue weighted by molar-refractivity contribution is 4.56. The summed E-state index contributed by atoms with van der Waals surface area (Å²) in [6.45, 7) is 7.86. The van der Waals surface area contributed by atoms with Crippen LogP contribution in [0.3, 0.4) is 0 Å². The molecule has 0 saturated heterocycles. The fourth-order valence-electron chi connectivity index (χ4n) is 0.914. The van der Waals surface area contributed by atoms with Gasteiger partial charge in [-0.2, -0.15) is 0 Å². The molecule has 0 fully saturated rings. The molecule has 3 heteroatoms. The summed E-state index contributed by atoms with van der Waals surface area (Å²) in [7, 11) is 6.32. The Morgan fingerprint density at radius 2 is 1.58 bits per heavy atom. The second-order valence-electron chi connectivity index (χ2n) is 3.30. The first kappa shape index (κ1) is 11.9. The number of hydrogen-bond donors (Lipinski definition) is 1. The minimum absolute atomic E-state index is 1.08. The predicted octanol–water partition coefficient (Wildman–Crippen LogP) is 0.0893. The number of likely N-dealkylation sites (N-methyl/N-ethyl adjacent to an activating group) is 3. The number of nitrogens with zero attached hydrogens (tertiary/aromatic N) is 2. The maximum absolute atomic E-state index is 3.14. The molecule has 1 N–H and O–H groups in total. The van der Waals surface area contributed by atoms with Gasteiger partial charge in [0.1, 0.15) is 0 Å². The Balaban J connectivity index is 3.24. The number of rotatable bonds is 7. The molecule has 0 aliphatic rings. The van der Waals surface area contributed by atoms with Crippen molar-refractivity contribution in [3.05, 3.63) is 0 Å². The average Bonchev–Trinajstić information content (AvgIpc) is 2.10.